The number of anilines is 1. The summed E-state index contributed by atoms with van der Waals surface area (Å²) in [6.07, 6.45) is -4.70. The number of alkyl halides is 3. The number of Topliss-reactive ketones (excluding diaryl/α,β-unsaturated/α-hetero) is 1. The van der Waals surface area contributed by atoms with E-state index in [0.29, 0.717) is 11.3 Å². The molecule has 0 radical (unpaired) electrons. The lowest BCUT2D eigenvalue weighted by Gasteiger charge is -2.14. The fourth-order valence-corrected chi connectivity index (χ4v) is 2.43. The summed E-state index contributed by atoms with van der Waals surface area (Å²) in [5, 5.41) is 5.47. The fourth-order valence-electron chi connectivity index (χ4n) is 2.20. The zero-order valence-electron chi connectivity index (χ0n) is 13.6. The lowest BCUT2D eigenvalue weighted by Crippen LogP contribution is -2.25. The molecule has 0 saturated heterocycles. The molecule has 0 spiro atoms. The van der Waals surface area contributed by atoms with Crippen molar-refractivity contribution in [3.63, 3.8) is 0 Å². The number of aromatic nitrogens is 2. The molecule has 134 valence electrons. The molecule has 1 aromatic carbocycles. The van der Waals surface area contributed by atoms with Crippen LogP contribution in [-0.4, -0.2) is 21.5 Å². The summed E-state index contributed by atoms with van der Waals surface area (Å²) in [5.74, 6) is -0.681. The molecule has 1 atom stereocenters. The number of ketones is 1. The van der Waals surface area contributed by atoms with Gasteiger partial charge in [-0.15, -0.1) is 0 Å². The molecule has 2 rings (SSSR count). The molecule has 0 unspecified atom stereocenters. The molecule has 25 heavy (non-hydrogen) atoms. The number of nitrogens with one attached hydrogen (secondary N) is 1. The number of hydrogen-bond acceptors (Lipinski definition) is 3. The maximum atomic E-state index is 12.9. The third-order valence-electron chi connectivity index (χ3n) is 3.65. The van der Waals surface area contributed by atoms with Crippen LogP contribution in [0.4, 0.5) is 18.9 Å². The van der Waals surface area contributed by atoms with Gasteiger partial charge in [-0.3, -0.25) is 14.3 Å². The Morgan fingerprint density at radius 1 is 1.24 bits per heavy atom. The predicted molar refractivity (Wildman–Crippen MR) is 86.8 cm³/mol. The van der Waals surface area contributed by atoms with E-state index in [4.69, 9.17) is 11.6 Å². The van der Waals surface area contributed by atoms with Crippen molar-refractivity contribution in [1.29, 1.82) is 0 Å². The number of hydrogen-bond donors (Lipinski definition) is 1. The molecule has 1 aromatic heterocycles. The normalized spacial score (nSPS) is 12.8. The van der Waals surface area contributed by atoms with Gasteiger partial charge in [-0.05, 0) is 45.0 Å². The fraction of sp³-hybridized carbons (Fsp3) is 0.312. The summed E-state index contributed by atoms with van der Waals surface area (Å²) in [6, 6.07) is 5.14. The average Bonchev–Trinajstić information content (AvgIpc) is 2.83. The Kier molecular flexibility index (Phi) is 5.22. The van der Waals surface area contributed by atoms with Crippen LogP contribution in [0.25, 0.3) is 0 Å². The van der Waals surface area contributed by atoms with Crippen LogP contribution < -0.4 is 5.32 Å². The quantitative estimate of drug-likeness (QED) is 0.814. The third-order valence-corrected chi connectivity index (χ3v) is 4.10. The highest BCUT2D eigenvalue weighted by Gasteiger charge is 2.39. The van der Waals surface area contributed by atoms with Crippen molar-refractivity contribution in [3.8, 4) is 0 Å². The number of amides is 1. The summed E-state index contributed by atoms with van der Waals surface area (Å²) < 4.78 is 39.5. The molecule has 5 nitrogen and oxygen atoms in total. The number of nitrogens with zero attached hydrogens (tertiary/aromatic N) is 2. The minimum atomic E-state index is -4.70. The minimum Gasteiger partial charge on any atom is -0.324 e. The topological polar surface area (TPSA) is 64.0 Å². The Morgan fingerprint density at radius 3 is 2.24 bits per heavy atom. The van der Waals surface area contributed by atoms with E-state index in [1.165, 1.54) is 32.9 Å². The maximum Gasteiger partial charge on any atom is 0.436 e. The van der Waals surface area contributed by atoms with Gasteiger partial charge >= 0.3 is 6.18 Å². The van der Waals surface area contributed by atoms with Crippen molar-refractivity contribution < 1.29 is 22.8 Å². The highest BCUT2D eigenvalue weighted by molar-refractivity contribution is 6.32. The molecular formula is C16H15ClF3N3O2. The second-order valence-corrected chi connectivity index (χ2v) is 5.87. The van der Waals surface area contributed by atoms with Crippen molar-refractivity contribution >= 4 is 29.0 Å². The Hall–Kier alpha value is -2.35. The molecule has 0 aliphatic carbocycles. The van der Waals surface area contributed by atoms with Crippen molar-refractivity contribution in [2.75, 3.05) is 5.32 Å². The van der Waals surface area contributed by atoms with Gasteiger partial charge in [-0.1, -0.05) is 11.6 Å². The standard InChI is InChI=1S/C16H15ClF3N3O2/c1-8-13(17)14(16(18,19)20)22-23(8)9(2)15(25)21-12-6-4-11(5-7-12)10(3)24/h4-7,9H,1-3H3,(H,21,25)/t9-/m0/s1. The van der Waals surface area contributed by atoms with E-state index in [1.54, 1.807) is 12.1 Å². The summed E-state index contributed by atoms with van der Waals surface area (Å²) in [7, 11) is 0. The van der Waals surface area contributed by atoms with Gasteiger partial charge < -0.3 is 5.32 Å². The molecule has 0 aliphatic rings. The van der Waals surface area contributed by atoms with Crippen LogP contribution in [0.2, 0.25) is 5.02 Å². The van der Waals surface area contributed by atoms with Crippen LogP contribution in [0, 0.1) is 6.92 Å². The van der Waals surface area contributed by atoms with Gasteiger partial charge in [0.25, 0.3) is 0 Å². The van der Waals surface area contributed by atoms with E-state index < -0.39 is 28.8 Å². The van der Waals surface area contributed by atoms with Crippen molar-refractivity contribution in [2.24, 2.45) is 0 Å². The first-order valence-electron chi connectivity index (χ1n) is 7.26. The van der Waals surface area contributed by atoms with Crippen molar-refractivity contribution in [1.82, 2.24) is 9.78 Å². The van der Waals surface area contributed by atoms with Crippen LogP contribution >= 0.6 is 11.6 Å². The SMILES string of the molecule is CC(=O)c1ccc(NC(=O)[C@H](C)n2nc(C(F)(F)F)c(Cl)c2C)cc1. The molecular weight excluding hydrogens is 359 g/mol. The van der Waals surface area contributed by atoms with Gasteiger partial charge in [0.1, 0.15) is 6.04 Å². The van der Waals surface area contributed by atoms with Crippen LogP contribution in [0.1, 0.15) is 41.6 Å². The average molecular weight is 374 g/mol. The molecule has 0 saturated carbocycles. The van der Waals surface area contributed by atoms with E-state index in [-0.39, 0.29) is 11.5 Å². The number of benzene rings is 1. The first-order valence-corrected chi connectivity index (χ1v) is 7.63. The molecule has 9 heteroatoms. The Labute approximate surface area is 146 Å². The van der Waals surface area contributed by atoms with Crippen LogP contribution in [0.5, 0.6) is 0 Å². The first kappa shape index (κ1) is 19.0. The van der Waals surface area contributed by atoms with E-state index in [0.717, 1.165) is 4.68 Å². The number of carbonyl (C=O) groups excluding carboxylic acids is 2. The van der Waals surface area contributed by atoms with E-state index in [1.807, 2.05) is 0 Å². The second kappa shape index (κ2) is 6.87. The zero-order chi connectivity index (χ0) is 18.9. The zero-order valence-corrected chi connectivity index (χ0v) is 14.4. The highest BCUT2D eigenvalue weighted by Crippen LogP contribution is 2.36. The summed E-state index contributed by atoms with van der Waals surface area (Å²) in [6.45, 7) is 4.18. The number of halogens is 4. The number of rotatable bonds is 4. The molecule has 0 fully saturated rings. The maximum absolute atomic E-state index is 12.9. The lowest BCUT2D eigenvalue weighted by atomic mass is 10.1. The van der Waals surface area contributed by atoms with Gasteiger partial charge in [0.15, 0.2) is 11.5 Å². The lowest BCUT2D eigenvalue weighted by molar-refractivity contribution is -0.141. The molecule has 2 aromatic rings. The summed E-state index contributed by atoms with van der Waals surface area (Å²) in [5.41, 5.74) is -0.287. The van der Waals surface area contributed by atoms with E-state index in [9.17, 15) is 22.8 Å². The van der Waals surface area contributed by atoms with Gasteiger partial charge in [0.05, 0.1) is 10.7 Å². The highest BCUT2D eigenvalue weighted by atomic mass is 35.5. The summed E-state index contributed by atoms with van der Waals surface area (Å²) >= 11 is 5.69. The Morgan fingerprint density at radius 2 is 1.80 bits per heavy atom. The monoisotopic (exact) mass is 373 g/mol. The van der Waals surface area contributed by atoms with Crippen molar-refractivity contribution in [2.45, 2.75) is 33.0 Å². The van der Waals surface area contributed by atoms with E-state index >= 15 is 0 Å². The summed E-state index contributed by atoms with van der Waals surface area (Å²) in [4.78, 5) is 23.5. The molecule has 0 aliphatic heterocycles. The first-order chi connectivity index (χ1) is 11.5. The van der Waals surface area contributed by atoms with Gasteiger partial charge in [0, 0.05) is 11.3 Å². The molecule has 1 heterocycles. The molecule has 1 amide bonds. The Balaban J connectivity index is 2.21. The van der Waals surface area contributed by atoms with Gasteiger partial charge in [-0.2, -0.15) is 18.3 Å². The van der Waals surface area contributed by atoms with Gasteiger partial charge in [0.2, 0.25) is 5.91 Å². The minimum absolute atomic E-state index is 0.0450. The Bertz CT molecular complexity index is 813. The third kappa shape index (κ3) is 4.01. The smallest absolute Gasteiger partial charge is 0.324 e. The molecule has 1 N–H and O–H groups in total. The van der Waals surface area contributed by atoms with E-state index in [2.05, 4.69) is 10.4 Å². The van der Waals surface area contributed by atoms with Gasteiger partial charge in [-0.25, -0.2) is 0 Å². The van der Waals surface area contributed by atoms with Crippen LogP contribution in [0.3, 0.4) is 0 Å². The van der Waals surface area contributed by atoms with Crippen LogP contribution in [-0.2, 0) is 11.0 Å². The van der Waals surface area contributed by atoms with Crippen LogP contribution in [0.15, 0.2) is 24.3 Å². The predicted octanol–water partition coefficient (Wildman–Crippen LogP) is 4.27. The van der Waals surface area contributed by atoms with Crippen molar-refractivity contribution in [3.05, 3.63) is 46.2 Å². The number of carbonyl (C=O) groups is 2. The molecule has 0 bridgehead atoms. The second-order valence-electron chi connectivity index (χ2n) is 5.49. The largest absolute Gasteiger partial charge is 0.436 e.